The third-order valence-corrected chi connectivity index (χ3v) is 3.13. The predicted octanol–water partition coefficient (Wildman–Crippen LogP) is 1.44. The van der Waals surface area contributed by atoms with E-state index in [0.29, 0.717) is 12.3 Å². The van der Waals surface area contributed by atoms with E-state index in [2.05, 4.69) is 5.32 Å². The minimum Gasteiger partial charge on any atom is -0.454 e. The molecule has 1 amide bonds. The SMILES string of the molecule is CC(N)C(C)C(=O)NCc1cccc2c1OCO2.Cl. The van der Waals surface area contributed by atoms with Crippen molar-refractivity contribution in [2.45, 2.75) is 26.4 Å². The van der Waals surface area contributed by atoms with Gasteiger partial charge < -0.3 is 20.5 Å². The number of hydrogen-bond donors (Lipinski definition) is 2. The molecule has 2 rings (SSSR count). The zero-order valence-corrected chi connectivity index (χ0v) is 11.8. The molecule has 5 nitrogen and oxygen atoms in total. The number of halogens is 1. The van der Waals surface area contributed by atoms with Gasteiger partial charge in [-0.05, 0) is 13.0 Å². The lowest BCUT2D eigenvalue weighted by atomic mass is 10.0. The van der Waals surface area contributed by atoms with Crippen molar-refractivity contribution in [2.75, 3.05) is 6.79 Å². The summed E-state index contributed by atoms with van der Waals surface area (Å²) >= 11 is 0. The van der Waals surface area contributed by atoms with Gasteiger partial charge in [-0.25, -0.2) is 0 Å². The maximum absolute atomic E-state index is 11.8. The molecule has 2 atom stereocenters. The third kappa shape index (κ3) is 3.52. The van der Waals surface area contributed by atoms with Gasteiger partial charge in [-0.2, -0.15) is 0 Å². The van der Waals surface area contributed by atoms with Crippen LogP contribution in [0.1, 0.15) is 19.4 Å². The van der Waals surface area contributed by atoms with E-state index in [4.69, 9.17) is 15.2 Å². The Labute approximate surface area is 118 Å². The minimum absolute atomic E-state index is 0. The second-order valence-electron chi connectivity index (χ2n) is 4.52. The summed E-state index contributed by atoms with van der Waals surface area (Å²) in [6, 6.07) is 5.47. The molecule has 0 spiro atoms. The lowest BCUT2D eigenvalue weighted by Gasteiger charge is -2.15. The molecule has 19 heavy (non-hydrogen) atoms. The predicted molar refractivity (Wildman–Crippen MR) is 74.5 cm³/mol. The van der Waals surface area contributed by atoms with Crippen molar-refractivity contribution in [3.63, 3.8) is 0 Å². The fourth-order valence-electron chi connectivity index (χ4n) is 1.71. The molecule has 1 aliphatic rings. The first kappa shape index (κ1) is 15.6. The third-order valence-electron chi connectivity index (χ3n) is 3.13. The summed E-state index contributed by atoms with van der Waals surface area (Å²) in [5.74, 6) is 1.17. The van der Waals surface area contributed by atoms with Gasteiger partial charge in [0.15, 0.2) is 11.5 Å². The largest absolute Gasteiger partial charge is 0.454 e. The molecule has 1 aromatic rings. The molecule has 0 radical (unpaired) electrons. The summed E-state index contributed by atoms with van der Waals surface area (Å²) in [7, 11) is 0. The Morgan fingerprint density at radius 3 is 2.84 bits per heavy atom. The molecule has 1 heterocycles. The number of ether oxygens (including phenoxy) is 2. The molecule has 0 bridgehead atoms. The van der Waals surface area contributed by atoms with Crippen LogP contribution >= 0.6 is 12.4 Å². The van der Waals surface area contributed by atoms with Crippen LogP contribution in [0.3, 0.4) is 0 Å². The van der Waals surface area contributed by atoms with Crippen LogP contribution in [0.25, 0.3) is 0 Å². The molecule has 0 fully saturated rings. The standard InChI is InChI=1S/C13H18N2O3.ClH/c1-8(9(2)14)13(16)15-6-10-4-3-5-11-12(10)18-7-17-11;/h3-5,8-9H,6-7,14H2,1-2H3,(H,15,16);1H. The maximum Gasteiger partial charge on any atom is 0.231 e. The van der Waals surface area contributed by atoms with Gasteiger partial charge in [-0.1, -0.05) is 19.1 Å². The summed E-state index contributed by atoms with van der Waals surface area (Å²) in [5.41, 5.74) is 6.60. The average Bonchev–Trinajstić information content (AvgIpc) is 2.83. The van der Waals surface area contributed by atoms with Gasteiger partial charge in [0.2, 0.25) is 12.7 Å². The fraction of sp³-hybridized carbons (Fsp3) is 0.462. The second-order valence-corrected chi connectivity index (χ2v) is 4.52. The van der Waals surface area contributed by atoms with Crippen LogP contribution in [0.2, 0.25) is 0 Å². The van der Waals surface area contributed by atoms with E-state index in [1.54, 1.807) is 0 Å². The number of para-hydroxylation sites is 1. The van der Waals surface area contributed by atoms with E-state index in [9.17, 15) is 4.79 Å². The molecule has 106 valence electrons. The smallest absolute Gasteiger partial charge is 0.231 e. The van der Waals surface area contributed by atoms with E-state index < -0.39 is 0 Å². The fourth-order valence-corrected chi connectivity index (χ4v) is 1.71. The van der Waals surface area contributed by atoms with Crippen molar-refractivity contribution in [1.29, 1.82) is 0 Å². The first-order valence-electron chi connectivity index (χ1n) is 6.00. The van der Waals surface area contributed by atoms with E-state index in [-0.39, 0.29) is 37.1 Å². The van der Waals surface area contributed by atoms with Gasteiger partial charge in [0.05, 0.1) is 0 Å². The lowest BCUT2D eigenvalue weighted by molar-refractivity contribution is -0.125. The Bertz CT molecular complexity index is 452. The minimum atomic E-state index is -0.209. The number of benzene rings is 1. The van der Waals surface area contributed by atoms with Crippen molar-refractivity contribution in [1.82, 2.24) is 5.32 Å². The summed E-state index contributed by atoms with van der Waals surface area (Å²) in [4.78, 5) is 11.8. The first-order chi connectivity index (χ1) is 8.59. The van der Waals surface area contributed by atoms with Crippen LogP contribution in [-0.2, 0) is 11.3 Å². The van der Waals surface area contributed by atoms with Crippen molar-refractivity contribution < 1.29 is 14.3 Å². The molecule has 1 aromatic carbocycles. The normalized spacial score (nSPS) is 15.3. The highest BCUT2D eigenvalue weighted by Gasteiger charge is 2.20. The van der Waals surface area contributed by atoms with Crippen LogP contribution in [0.4, 0.5) is 0 Å². The van der Waals surface area contributed by atoms with Gasteiger partial charge in [-0.15, -0.1) is 12.4 Å². The molecular weight excluding hydrogens is 268 g/mol. The van der Waals surface area contributed by atoms with Crippen molar-refractivity contribution in [3.05, 3.63) is 23.8 Å². The topological polar surface area (TPSA) is 73.6 Å². The number of hydrogen-bond acceptors (Lipinski definition) is 4. The number of fused-ring (bicyclic) bond motifs is 1. The molecule has 1 aliphatic heterocycles. The number of nitrogens with one attached hydrogen (secondary N) is 1. The highest BCUT2D eigenvalue weighted by Crippen LogP contribution is 2.35. The molecule has 3 N–H and O–H groups in total. The first-order valence-corrected chi connectivity index (χ1v) is 6.00. The molecule has 6 heteroatoms. The van der Waals surface area contributed by atoms with Crippen molar-refractivity contribution >= 4 is 18.3 Å². The molecule has 0 saturated heterocycles. The van der Waals surface area contributed by atoms with Gasteiger partial charge in [0.1, 0.15) is 0 Å². The number of carbonyl (C=O) groups is 1. The summed E-state index contributed by atoms with van der Waals surface area (Å²) in [6.07, 6.45) is 0. The zero-order valence-electron chi connectivity index (χ0n) is 11.0. The Morgan fingerprint density at radius 2 is 2.16 bits per heavy atom. The van der Waals surface area contributed by atoms with E-state index in [1.807, 2.05) is 32.0 Å². The Morgan fingerprint density at radius 1 is 1.42 bits per heavy atom. The summed E-state index contributed by atoms with van der Waals surface area (Å²) in [5, 5.41) is 2.86. The van der Waals surface area contributed by atoms with Crippen molar-refractivity contribution in [2.24, 2.45) is 11.7 Å². The van der Waals surface area contributed by atoms with Gasteiger partial charge in [-0.3, -0.25) is 4.79 Å². The molecule has 0 aromatic heterocycles. The van der Waals surface area contributed by atoms with E-state index in [0.717, 1.165) is 11.3 Å². The van der Waals surface area contributed by atoms with Crippen LogP contribution in [0.5, 0.6) is 11.5 Å². The van der Waals surface area contributed by atoms with Crippen LogP contribution in [-0.4, -0.2) is 18.7 Å². The van der Waals surface area contributed by atoms with Gasteiger partial charge >= 0.3 is 0 Å². The number of carbonyl (C=O) groups excluding carboxylic acids is 1. The Balaban J connectivity index is 0.00000180. The monoisotopic (exact) mass is 286 g/mol. The van der Waals surface area contributed by atoms with Gasteiger partial charge in [0.25, 0.3) is 0 Å². The van der Waals surface area contributed by atoms with Gasteiger partial charge in [0, 0.05) is 24.1 Å². The van der Waals surface area contributed by atoms with Crippen LogP contribution in [0, 0.1) is 5.92 Å². The number of rotatable bonds is 4. The summed E-state index contributed by atoms with van der Waals surface area (Å²) < 4.78 is 10.6. The number of nitrogens with two attached hydrogens (primary N) is 1. The zero-order chi connectivity index (χ0) is 13.1. The van der Waals surface area contributed by atoms with Crippen LogP contribution in [0.15, 0.2) is 18.2 Å². The highest BCUT2D eigenvalue weighted by molar-refractivity contribution is 5.85. The Kier molecular flexibility index (Phi) is 5.44. The number of amides is 1. The van der Waals surface area contributed by atoms with E-state index in [1.165, 1.54) is 0 Å². The molecule has 0 aliphatic carbocycles. The summed E-state index contributed by atoms with van der Waals surface area (Å²) in [6.45, 7) is 4.29. The van der Waals surface area contributed by atoms with Crippen LogP contribution < -0.4 is 20.5 Å². The van der Waals surface area contributed by atoms with Crippen molar-refractivity contribution in [3.8, 4) is 11.5 Å². The second kappa shape index (κ2) is 6.63. The quantitative estimate of drug-likeness (QED) is 0.878. The molecule has 2 unspecified atom stereocenters. The molecule has 0 saturated carbocycles. The lowest BCUT2D eigenvalue weighted by Crippen LogP contribution is -2.38. The average molecular weight is 287 g/mol. The highest BCUT2D eigenvalue weighted by atomic mass is 35.5. The Hall–Kier alpha value is -1.46. The maximum atomic E-state index is 11.8. The molecular formula is C13H19ClN2O3. The van der Waals surface area contributed by atoms with E-state index >= 15 is 0 Å².